The molecule has 0 atom stereocenters. The van der Waals surface area contributed by atoms with Crippen molar-refractivity contribution < 1.29 is 9.59 Å². The van der Waals surface area contributed by atoms with Crippen molar-refractivity contribution in [2.24, 2.45) is 0 Å². The number of hydrogen-bond acceptors (Lipinski definition) is 6. The maximum absolute atomic E-state index is 12.5. The molecular weight excluding hydrogens is 408 g/mol. The fourth-order valence-electron chi connectivity index (χ4n) is 2.66. The average molecular weight is 429 g/mol. The Bertz CT molecular complexity index is 988. The number of nitrogens with zero attached hydrogens (tertiary/aromatic N) is 2. The van der Waals surface area contributed by atoms with Gasteiger partial charge in [0, 0.05) is 24.3 Å². The number of rotatable bonds is 9. The van der Waals surface area contributed by atoms with Crippen LogP contribution in [-0.2, 0) is 11.2 Å². The average Bonchev–Trinajstić information content (AvgIpc) is 3.18. The molecule has 0 aliphatic carbocycles. The Morgan fingerprint density at radius 2 is 1.90 bits per heavy atom. The second-order valence-corrected chi connectivity index (χ2v) is 7.93. The smallest absolute Gasteiger partial charge is 0.224 e. The highest BCUT2D eigenvalue weighted by Crippen LogP contribution is 2.21. The van der Waals surface area contributed by atoms with Crippen LogP contribution in [0.15, 0.2) is 48.8 Å². The molecule has 6 nitrogen and oxygen atoms in total. The first-order valence-corrected chi connectivity index (χ1v) is 10.4. The van der Waals surface area contributed by atoms with Gasteiger partial charge in [0.05, 0.1) is 17.5 Å². The van der Waals surface area contributed by atoms with Gasteiger partial charge in [0.25, 0.3) is 0 Å². The van der Waals surface area contributed by atoms with Crippen LogP contribution in [0.25, 0.3) is 0 Å². The van der Waals surface area contributed by atoms with Crippen molar-refractivity contribution in [3.05, 3.63) is 75.5 Å². The first-order chi connectivity index (χ1) is 14.0. The lowest BCUT2D eigenvalue weighted by Crippen LogP contribution is -2.27. The number of hydrogen-bond donors (Lipinski definition) is 2. The Morgan fingerprint density at radius 1 is 1.10 bits per heavy atom. The molecule has 0 spiro atoms. The molecule has 0 fully saturated rings. The van der Waals surface area contributed by atoms with Crippen LogP contribution in [-0.4, -0.2) is 34.7 Å². The first-order valence-electron chi connectivity index (χ1n) is 9.20. The number of aromatic nitrogens is 2. The highest BCUT2D eigenvalue weighted by molar-refractivity contribution is 7.17. The quantitative estimate of drug-likeness (QED) is 0.399. The van der Waals surface area contributed by atoms with Gasteiger partial charge in [0.2, 0.25) is 11.7 Å². The monoisotopic (exact) mass is 428 g/mol. The van der Waals surface area contributed by atoms with Gasteiger partial charge in [-0.25, -0.2) is 4.98 Å². The maximum Gasteiger partial charge on any atom is 0.224 e. The van der Waals surface area contributed by atoms with E-state index in [9.17, 15) is 9.59 Å². The minimum atomic E-state index is -0.122. The van der Waals surface area contributed by atoms with E-state index in [-0.39, 0.29) is 11.7 Å². The topological polar surface area (TPSA) is 84.0 Å². The summed E-state index contributed by atoms with van der Waals surface area (Å²) in [5.41, 5.74) is 2.22. The molecule has 1 amide bonds. The number of nitrogens with one attached hydrogen (secondary N) is 2. The van der Waals surface area contributed by atoms with Crippen LogP contribution in [0.4, 0.5) is 5.13 Å². The van der Waals surface area contributed by atoms with E-state index in [1.807, 2.05) is 25.1 Å². The van der Waals surface area contributed by atoms with Crippen molar-refractivity contribution in [3.8, 4) is 0 Å². The molecule has 0 saturated heterocycles. The van der Waals surface area contributed by atoms with Crippen molar-refractivity contribution in [1.29, 1.82) is 0 Å². The summed E-state index contributed by atoms with van der Waals surface area (Å²) in [6, 6.07) is 10.9. The van der Waals surface area contributed by atoms with Crippen molar-refractivity contribution in [2.75, 3.05) is 18.4 Å². The summed E-state index contributed by atoms with van der Waals surface area (Å²) in [7, 11) is 0. The molecule has 29 heavy (non-hydrogen) atoms. The molecule has 0 aliphatic heterocycles. The third-order valence-corrected chi connectivity index (χ3v) is 5.39. The molecular formula is C21H21ClN4O2S. The molecule has 0 bridgehead atoms. The van der Waals surface area contributed by atoms with Gasteiger partial charge in [0.15, 0.2) is 5.13 Å². The molecule has 150 valence electrons. The Hall–Kier alpha value is -2.77. The lowest BCUT2D eigenvalue weighted by molar-refractivity contribution is -0.120. The van der Waals surface area contributed by atoms with Crippen LogP contribution < -0.4 is 10.6 Å². The van der Waals surface area contributed by atoms with Crippen LogP contribution in [0.2, 0.25) is 5.02 Å². The van der Waals surface area contributed by atoms with E-state index >= 15 is 0 Å². The van der Waals surface area contributed by atoms with Crippen molar-refractivity contribution in [1.82, 2.24) is 15.3 Å². The third-order valence-electron chi connectivity index (χ3n) is 4.18. The van der Waals surface area contributed by atoms with Gasteiger partial charge >= 0.3 is 0 Å². The van der Waals surface area contributed by atoms with Gasteiger partial charge in [-0.1, -0.05) is 41.1 Å². The van der Waals surface area contributed by atoms with Gasteiger partial charge in [0.1, 0.15) is 5.69 Å². The Morgan fingerprint density at radius 3 is 2.66 bits per heavy atom. The highest BCUT2D eigenvalue weighted by Gasteiger charge is 2.16. The predicted molar refractivity (Wildman–Crippen MR) is 116 cm³/mol. The van der Waals surface area contributed by atoms with Crippen LogP contribution in [0.1, 0.15) is 32.9 Å². The van der Waals surface area contributed by atoms with E-state index in [2.05, 4.69) is 20.6 Å². The number of aryl methyl sites for hydroxylation is 1. The van der Waals surface area contributed by atoms with E-state index in [0.29, 0.717) is 40.2 Å². The fraction of sp³-hybridized carbons (Fsp3) is 0.238. The van der Waals surface area contributed by atoms with Gasteiger partial charge < -0.3 is 10.6 Å². The molecule has 2 aromatic heterocycles. The second kappa shape index (κ2) is 10.1. The van der Waals surface area contributed by atoms with Crippen molar-refractivity contribution in [2.45, 2.75) is 19.8 Å². The Kier molecular flexibility index (Phi) is 7.32. The summed E-state index contributed by atoms with van der Waals surface area (Å²) in [5, 5.41) is 7.41. The summed E-state index contributed by atoms with van der Waals surface area (Å²) in [6.45, 7) is 3.07. The zero-order valence-corrected chi connectivity index (χ0v) is 17.5. The third kappa shape index (κ3) is 6.10. The summed E-state index contributed by atoms with van der Waals surface area (Å²) in [6.07, 6.45) is 4.25. The molecule has 1 aromatic carbocycles. The molecule has 0 saturated carbocycles. The molecule has 0 unspecified atom stereocenters. The van der Waals surface area contributed by atoms with Crippen molar-refractivity contribution >= 4 is 39.8 Å². The van der Waals surface area contributed by atoms with Gasteiger partial charge in [-0.3, -0.25) is 14.6 Å². The van der Waals surface area contributed by atoms with Crippen LogP contribution in [0, 0.1) is 6.92 Å². The standard InChI is InChI=1S/C21H21ClN4O2S/c1-14-4-2-9-24-19(14)20(28)17-13-26-21(29-17)25-11-3-10-23-18(27)12-15-5-7-16(22)8-6-15/h2,4-9,13H,3,10-12H2,1H3,(H,23,27)(H,25,26). The fourth-order valence-corrected chi connectivity index (χ4v) is 3.57. The normalized spacial score (nSPS) is 10.6. The lowest BCUT2D eigenvalue weighted by atomic mass is 10.1. The molecule has 2 N–H and O–H groups in total. The summed E-state index contributed by atoms with van der Waals surface area (Å²) in [4.78, 5) is 33.4. The Balaban J connectivity index is 1.39. The minimum absolute atomic E-state index is 0.0276. The molecule has 0 aliphatic rings. The van der Waals surface area contributed by atoms with Crippen LogP contribution in [0.5, 0.6) is 0 Å². The molecule has 2 heterocycles. The number of benzene rings is 1. The number of carbonyl (C=O) groups is 2. The number of ketones is 1. The largest absolute Gasteiger partial charge is 0.361 e. The number of halogens is 1. The van der Waals surface area contributed by atoms with E-state index in [4.69, 9.17) is 11.6 Å². The molecule has 0 radical (unpaired) electrons. The zero-order chi connectivity index (χ0) is 20.6. The van der Waals surface area contributed by atoms with Gasteiger partial charge in [-0.15, -0.1) is 0 Å². The van der Waals surface area contributed by atoms with E-state index in [1.165, 1.54) is 11.3 Å². The predicted octanol–water partition coefficient (Wildman–Crippen LogP) is 3.89. The van der Waals surface area contributed by atoms with Crippen LogP contribution in [0.3, 0.4) is 0 Å². The van der Waals surface area contributed by atoms with Crippen LogP contribution >= 0.6 is 22.9 Å². The van der Waals surface area contributed by atoms with Crippen molar-refractivity contribution in [3.63, 3.8) is 0 Å². The zero-order valence-electron chi connectivity index (χ0n) is 15.9. The van der Waals surface area contributed by atoms with E-state index in [0.717, 1.165) is 17.5 Å². The number of carbonyl (C=O) groups excluding carboxylic acids is 2. The van der Waals surface area contributed by atoms with Gasteiger partial charge in [-0.2, -0.15) is 0 Å². The lowest BCUT2D eigenvalue weighted by Gasteiger charge is -2.06. The summed E-state index contributed by atoms with van der Waals surface area (Å²) < 4.78 is 0. The minimum Gasteiger partial charge on any atom is -0.361 e. The maximum atomic E-state index is 12.5. The molecule has 3 rings (SSSR count). The number of amides is 1. The summed E-state index contributed by atoms with van der Waals surface area (Å²) >= 11 is 7.14. The SMILES string of the molecule is Cc1cccnc1C(=O)c1cnc(NCCCNC(=O)Cc2ccc(Cl)cc2)s1. The summed E-state index contributed by atoms with van der Waals surface area (Å²) in [5.74, 6) is -0.150. The molecule has 3 aromatic rings. The van der Waals surface area contributed by atoms with E-state index < -0.39 is 0 Å². The number of thiazole rings is 1. The van der Waals surface area contributed by atoms with Gasteiger partial charge in [-0.05, 0) is 42.7 Å². The van der Waals surface area contributed by atoms with E-state index in [1.54, 1.807) is 30.6 Å². The number of anilines is 1. The highest BCUT2D eigenvalue weighted by atomic mass is 35.5. The molecule has 8 heteroatoms. The first kappa shape index (κ1) is 21.0. The second-order valence-electron chi connectivity index (χ2n) is 6.46. The Labute approximate surface area is 178 Å². The number of pyridine rings is 1.